The van der Waals surface area contributed by atoms with Crippen LogP contribution in [0.1, 0.15) is 51.3 Å². The third-order valence-electron chi connectivity index (χ3n) is 5.90. The largest absolute Gasteiger partial charge is 0.493 e. The second-order valence-corrected chi connectivity index (χ2v) is 10.1. The monoisotopic (exact) mass is 587 g/mol. The molecule has 1 amide bonds. The molecule has 3 aromatic rings. The average Bonchev–Trinajstić information content (AvgIpc) is 2.88. The Hall–Kier alpha value is -3.18. The maximum absolute atomic E-state index is 13.7. The molecule has 0 fully saturated rings. The van der Waals surface area contributed by atoms with Gasteiger partial charge in [-0.3, -0.25) is 19.4 Å². The number of methoxy groups -OCH3 is 1. The molecule has 0 aliphatic carbocycles. The summed E-state index contributed by atoms with van der Waals surface area (Å²) in [7, 11) is 1.48. The number of benzene rings is 2. The molecule has 1 N–H and O–H groups in total. The van der Waals surface area contributed by atoms with Gasteiger partial charge in [-0.1, -0.05) is 53.7 Å². The van der Waals surface area contributed by atoms with E-state index in [4.69, 9.17) is 14.6 Å². The van der Waals surface area contributed by atoms with Gasteiger partial charge in [-0.15, -0.1) is 0 Å². The zero-order valence-electron chi connectivity index (χ0n) is 21.0. The maximum atomic E-state index is 13.7. The van der Waals surface area contributed by atoms with Crippen LogP contribution in [0, 0.1) is 0 Å². The Balaban J connectivity index is 2.10. The predicted molar refractivity (Wildman–Crippen MR) is 144 cm³/mol. The minimum absolute atomic E-state index is 0.157. The average molecular weight is 589 g/mol. The third kappa shape index (κ3) is 5.15. The molecule has 194 valence electrons. The SMILES string of the molecule is CCCC(=O)Oc1c(OC)cc(Br)cc1[C@@H]1N(C(=O)CCC)c2ccccc2-c2c(=O)[nH]c(SC)n[n+]21. The number of anilines is 1. The zero-order chi connectivity index (χ0) is 26.7. The van der Waals surface area contributed by atoms with Crippen LogP contribution in [0.15, 0.2) is 50.8 Å². The number of hydrogen-bond donors (Lipinski definition) is 1. The number of rotatable bonds is 8. The van der Waals surface area contributed by atoms with Crippen LogP contribution in [0.3, 0.4) is 0 Å². The van der Waals surface area contributed by atoms with E-state index >= 15 is 0 Å². The lowest BCUT2D eigenvalue weighted by molar-refractivity contribution is -0.763. The number of esters is 1. The molecular formula is C26H28BrN4O5S+. The minimum atomic E-state index is -0.923. The van der Waals surface area contributed by atoms with Crippen molar-refractivity contribution in [3.63, 3.8) is 0 Å². The predicted octanol–water partition coefficient (Wildman–Crippen LogP) is 4.62. The summed E-state index contributed by atoms with van der Waals surface area (Å²) in [6.07, 6.45) is 2.60. The molecular weight excluding hydrogens is 560 g/mol. The lowest BCUT2D eigenvalue weighted by Crippen LogP contribution is -2.61. The van der Waals surface area contributed by atoms with Crippen molar-refractivity contribution in [3.05, 3.63) is 56.8 Å². The Morgan fingerprint density at radius 1 is 1.19 bits per heavy atom. The van der Waals surface area contributed by atoms with E-state index in [-0.39, 0.29) is 30.1 Å². The summed E-state index contributed by atoms with van der Waals surface area (Å²) in [6.45, 7) is 3.81. The number of fused-ring (bicyclic) bond motifs is 3. The molecule has 4 rings (SSSR count). The van der Waals surface area contributed by atoms with Crippen LogP contribution in [-0.2, 0) is 9.59 Å². The summed E-state index contributed by atoms with van der Waals surface area (Å²) < 4.78 is 13.6. The number of aromatic nitrogens is 3. The number of halogens is 1. The van der Waals surface area contributed by atoms with Crippen molar-refractivity contribution in [1.29, 1.82) is 0 Å². The summed E-state index contributed by atoms with van der Waals surface area (Å²) in [5, 5.41) is 5.10. The van der Waals surface area contributed by atoms with Crippen LogP contribution in [0.5, 0.6) is 11.5 Å². The van der Waals surface area contributed by atoms with E-state index in [0.717, 1.165) is 0 Å². The van der Waals surface area contributed by atoms with Gasteiger partial charge in [0.05, 0.1) is 23.9 Å². The van der Waals surface area contributed by atoms with Crippen molar-refractivity contribution >= 4 is 45.3 Å². The molecule has 11 heteroatoms. The number of aromatic amines is 1. The van der Waals surface area contributed by atoms with Gasteiger partial charge in [-0.05, 0) is 48.0 Å². The standard InChI is InChI=1S/C26H27BrN4O5S/c1-5-9-20(32)30-18-12-8-7-11-16(18)22-24(34)28-26(37-4)29-31(22)25(30)17-13-15(27)14-19(35-3)23(17)36-21(33)10-6-2/h7-8,11-14,25H,5-6,9-10H2,1-4H3/p+1/t25-/m1/s1. The number of nitrogens with one attached hydrogen (secondary N) is 1. The first-order valence-electron chi connectivity index (χ1n) is 11.9. The lowest BCUT2D eigenvalue weighted by atomic mass is 10.00. The van der Waals surface area contributed by atoms with Gasteiger partial charge in [0.2, 0.25) is 11.1 Å². The number of hydrogen-bond acceptors (Lipinski definition) is 7. The molecule has 37 heavy (non-hydrogen) atoms. The Labute approximate surface area is 227 Å². The van der Waals surface area contributed by atoms with Gasteiger partial charge in [-0.2, -0.15) is 0 Å². The highest BCUT2D eigenvalue weighted by Crippen LogP contribution is 2.44. The number of amides is 1. The van der Waals surface area contributed by atoms with Gasteiger partial charge >= 0.3 is 17.2 Å². The summed E-state index contributed by atoms with van der Waals surface area (Å²) in [5.74, 6) is -0.0988. The number of carbonyl (C=O) groups is 2. The molecule has 9 nitrogen and oxygen atoms in total. The molecule has 1 aliphatic rings. The second-order valence-electron chi connectivity index (χ2n) is 8.41. The maximum Gasteiger partial charge on any atom is 0.325 e. The number of thioether (sulfide) groups is 1. The summed E-state index contributed by atoms with van der Waals surface area (Å²) in [5.41, 5.74) is 1.55. The zero-order valence-corrected chi connectivity index (χ0v) is 23.4. The van der Waals surface area contributed by atoms with Crippen molar-refractivity contribution < 1.29 is 23.7 Å². The highest BCUT2D eigenvalue weighted by molar-refractivity contribution is 9.10. The third-order valence-corrected chi connectivity index (χ3v) is 6.93. The lowest BCUT2D eigenvalue weighted by Gasteiger charge is -2.33. The van der Waals surface area contributed by atoms with Gasteiger partial charge < -0.3 is 9.47 Å². The first-order chi connectivity index (χ1) is 17.8. The topological polar surface area (TPSA) is 105 Å². The molecule has 0 radical (unpaired) electrons. The van der Waals surface area contributed by atoms with E-state index in [1.165, 1.54) is 18.9 Å². The summed E-state index contributed by atoms with van der Waals surface area (Å²) in [6, 6.07) is 10.7. The van der Waals surface area contributed by atoms with E-state index in [2.05, 4.69) is 20.9 Å². The molecule has 0 spiro atoms. The van der Waals surface area contributed by atoms with E-state index in [1.807, 2.05) is 26.0 Å². The fourth-order valence-corrected chi connectivity index (χ4v) is 5.18. The van der Waals surface area contributed by atoms with Gasteiger partial charge in [0, 0.05) is 22.4 Å². The van der Waals surface area contributed by atoms with Crippen LogP contribution in [-0.4, -0.2) is 35.3 Å². The van der Waals surface area contributed by atoms with Crippen molar-refractivity contribution in [2.75, 3.05) is 18.3 Å². The first kappa shape index (κ1) is 26.9. The van der Waals surface area contributed by atoms with Crippen LogP contribution < -0.4 is 24.6 Å². The second kappa shape index (κ2) is 11.5. The Morgan fingerprint density at radius 2 is 1.92 bits per heavy atom. The molecule has 2 heterocycles. The van der Waals surface area contributed by atoms with E-state index in [1.54, 1.807) is 40.1 Å². The summed E-state index contributed by atoms with van der Waals surface area (Å²) in [4.78, 5) is 44.2. The van der Waals surface area contributed by atoms with Gasteiger partial charge in [0.25, 0.3) is 6.17 Å². The van der Waals surface area contributed by atoms with Crippen molar-refractivity contribution in [2.45, 2.75) is 50.9 Å². The number of nitrogens with zero attached hydrogens (tertiary/aromatic N) is 3. The van der Waals surface area contributed by atoms with Crippen molar-refractivity contribution in [1.82, 2.24) is 10.1 Å². The van der Waals surface area contributed by atoms with Gasteiger partial charge in [0.1, 0.15) is 0 Å². The normalized spacial score (nSPS) is 14.1. The Kier molecular flexibility index (Phi) is 8.33. The molecule has 1 aliphatic heterocycles. The number of ether oxygens (including phenoxy) is 2. The Bertz CT molecular complexity index is 1410. The first-order valence-corrected chi connectivity index (χ1v) is 14.0. The highest BCUT2D eigenvalue weighted by Gasteiger charge is 2.47. The van der Waals surface area contributed by atoms with Crippen LogP contribution >= 0.6 is 27.7 Å². The number of carbonyl (C=O) groups excluding carboxylic acids is 2. The summed E-state index contributed by atoms with van der Waals surface area (Å²) >= 11 is 4.80. The van der Waals surface area contributed by atoms with Gasteiger partial charge in [-0.25, -0.2) is 4.90 Å². The molecule has 0 bridgehead atoms. The molecule has 1 aromatic heterocycles. The van der Waals surface area contributed by atoms with Crippen LogP contribution in [0.4, 0.5) is 5.69 Å². The fraction of sp³-hybridized carbons (Fsp3) is 0.346. The van der Waals surface area contributed by atoms with E-state index in [9.17, 15) is 14.4 Å². The van der Waals surface area contributed by atoms with Crippen LogP contribution in [0.25, 0.3) is 11.3 Å². The fourth-order valence-electron chi connectivity index (χ4n) is 4.36. The highest BCUT2D eigenvalue weighted by atomic mass is 79.9. The quantitative estimate of drug-likeness (QED) is 0.177. The molecule has 0 saturated carbocycles. The number of para-hydroxylation sites is 1. The van der Waals surface area contributed by atoms with E-state index in [0.29, 0.717) is 50.7 Å². The van der Waals surface area contributed by atoms with Crippen molar-refractivity contribution in [2.24, 2.45) is 0 Å². The number of H-pyrrole nitrogens is 1. The molecule has 1 atom stereocenters. The molecule has 0 saturated heterocycles. The van der Waals surface area contributed by atoms with Gasteiger partial charge in [0.15, 0.2) is 11.5 Å². The minimum Gasteiger partial charge on any atom is -0.493 e. The smallest absolute Gasteiger partial charge is 0.325 e. The van der Waals surface area contributed by atoms with E-state index < -0.39 is 12.1 Å². The molecule has 2 aromatic carbocycles. The molecule has 0 unspecified atom stereocenters. The van der Waals surface area contributed by atoms with Crippen LogP contribution in [0.2, 0.25) is 0 Å². The van der Waals surface area contributed by atoms with Crippen molar-refractivity contribution in [3.8, 4) is 22.8 Å². The Morgan fingerprint density at radius 3 is 2.59 bits per heavy atom.